The molecule has 0 aromatic rings. The Bertz CT molecular complexity index is 161. The Morgan fingerprint density at radius 1 is 1.44 bits per heavy atom. The van der Waals surface area contributed by atoms with E-state index in [0.29, 0.717) is 5.92 Å². The molecular formula is C9H13+. The molecule has 9 heavy (non-hydrogen) atoms. The van der Waals surface area contributed by atoms with Gasteiger partial charge in [-0.15, -0.1) is 0 Å². The van der Waals surface area contributed by atoms with Crippen molar-refractivity contribution in [1.82, 2.24) is 0 Å². The second kappa shape index (κ2) is 2.30. The van der Waals surface area contributed by atoms with Gasteiger partial charge in [0.15, 0.2) is 0 Å². The van der Waals surface area contributed by atoms with Gasteiger partial charge >= 0.3 is 0 Å². The van der Waals surface area contributed by atoms with Gasteiger partial charge in [-0.05, 0) is 13.8 Å². The lowest BCUT2D eigenvalue weighted by Crippen LogP contribution is -1.99. The van der Waals surface area contributed by atoms with Crippen LogP contribution < -0.4 is 0 Å². The highest BCUT2D eigenvalue weighted by molar-refractivity contribution is 5.32. The molecule has 1 atom stereocenters. The summed E-state index contributed by atoms with van der Waals surface area (Å²) in [6.45, 7) is 6.58. The van der Waals surface area contributed by atoms with Crippen LogP contribution in [0.5, 0.6) is 0 Å². The van der Waals surface area contributed by atoms with Crippen LogP contribution >= 0.6 is 0 Å². The van der Waals surface area contributed by atoms with Crippen LogP contribution in [0.1, 0.15) is 20.8 Å². The summed E-state index contributed by atoms with van der Waals surface area (Å²) in [5.41, 5.74) is 2.92. The smallest absolute Gasteiger partial charge is 0.0314 e. The molecule has 1 aliphatic rings. The lowest BCUT2D eigenvalue weighted by Gasteiger charge is -2.06. The van der Waals surface area contributed by atoms with Gasteiger partial charge < -0.3 is 0 Å². The maximum atomic E-state index is 2.22. The van der Waals surface area contributed by atoms with E-state index < -0.39 is 0 Å². The molecule has 0 aliphatic heterocycles. The standard InChI is InChI=1S/C9H13/c1-7-5-4-6-8(2)9(7)3/h4-7H,1-3H3/q+1/t7-/m1/s1. The summed E-state index contributed by atoms with van der Waals surface area (Å²) in [5.74, 6) is 0.648. The van der Waals surface area contributed by atoms with E-state index >= 15 is 0 Å². The summed E-state index contributed by atoms with van der Waals surface area (Å²) in [5, 5.41) is 0. The summed E-state index contributed by atoms with van der Waals surface area (Å²) in [7, 11) is 0. The van der Waals surface area contributed by atoms with Crippen molar-refractivity contribution in [2.45, 2.75) is 20.8 Å². The predicted molar refractivity (Wildman–Crippen MR) is 41.0 cm³/mol. The van der Waals surface area contributed by atoms with E-state index in [-0.39, 0.29) is 0 Å². The molecular weight excluding hydrogens is 108 g/mol. The van der Waals surface area contributed by atoms with Gasteiger partial charge in [0.1, 0.15) is 0 Å². The van der Waals surface area contributed by atoms with Crippen LogP contribution in [0.15, 0.2) is 23.3 Å². The molecule has 0 nitrogen and oxygen atoms in total. The van der Waals surface area contributed by atoms with Crippen molar-refractivity contribution < 1.29 is 0 Å². The van der Waals surface area contributed by atoms with E-state index in [4.69, 9.17) is 0 Å². The SMILES string of the molecule is CC1=C(C)[C@H](C)C=C[CH+]1. The van der Waals surface area contributed by atoms with Crippen LogP contribution in [0.2, 0.25) is 0 Å². The summed E-state index contributed by atoms with van der Waals surface area (Å²) >= 11 is 0. The van der Waals surface area contributed by atoms with Crippen LogP contribution in [0.4, 0.5) is 0 Å². The van der Waals surface area contributed by atoms with Crippen molar-refractivity contribution in [1.29, 1.82) is 0 Å². The van der Waals surface area contributed by atoms with Crippen LogP contribution in [-0.2, 0) is 0 Å². The van der Waals surface area contributed by atoms with E-state index in [0.717, 1.165) is 0 Å². The second-order valence-corrected chi connectivity index (χ2v) is 2.71. The lowest BCUT2D eigenvalue weighted by atomic mass is 9.91. The number of allylic oxidation sites excluding steroid dienone is 4. The molecule has 0 aromatic carbocycles. The molecule has 0 fully saturated rings. The lowest BCUT2D eigenvalue weighted by molar-refractivity contribution is 0.834. The predicted octanol–water partition coefficient (Wildman–Crippen LogP) is 2.73. The van der Waals surface area contributed by atoms with E-state index in [9.17, 15) is 0 Å². The van der Waals surface area contributed by atoms with Gasteiger partial charge in [-0.3, -0.25) is 0 Å². The monoisotopic (exact) mass is 121 g/mol. The van der Waals surface area contributed by atoms with Crippen molar-refractivity contribution in [3.05, 3.63) is 29.7 Å². The molecule has 0 saturated carbocycles. The molecule has 1 rings (SSSR count). The molecule has 0 bridgehead atoms. The Morgan fingerprint density at radius 2 is 2.11 bits per heavy atom. The van der Waals surface area contributed by atoms with Crippen molar-refractivity contribution in [2.24, 2.45) is 5.92 Å². The molecule has 0 unspecified atom stereocenters. The fourth-order valence-corrected chi connectivity index (χ4v) is 1.00. The third-order valence-corrected chi connectivity index (χ3v) is 2.05. The molecule has 0 saturated heterocycles. The first kappa shape index (κ1) is 6.47. The summed E-state index contributed by atoms with van der Waals surface area (Å²) < 4.78 is 0. The molecule has 0 radical (unpaired) electrons. The second-order valence-electron chi connectivity index (χ2n) is 2.71. The number of rotatable bonds is 0. The van der Waals surface area contributed by atoms with E-state index in [1.165, 1.54) is 11.1 Å². The maximum Gasteiger partial charge on any atom is 0.0826 e. The molecule has 0 spiro atoms. The summed E-state index contributed by atoms with van der Waals surface area (Å²) in [4.78, 5) is 0. The molecule has 0 amide bonds. The first-order chi connectivity index (χ1) is 4.22. The largest absolute Gasteiger partial charge is 0.0826 e. The molecule has 1 aliphatic carbocycles. The average molecular weight is 121 g/mol. The van der Waals surface area contributed by atoms with Gasteiger partial charge in [0, 0.05) is 31.1 Å². The Balaban J connectivity index is 2.79. The zero-order chi connectivity index (χ0) is 6.85. The third-order valence-electron chi connectivity index (χ3n) is 2.05. The van der Waals surface area contributed by atoms with Gasteiger partial charge in [-0.25, -0.2) is 0 Å². The first-order valence-electron chi connectivity index (χ1n) is 3.40. The topological polar surface area (TPSA) is 0 Å². The fraction of sp³-hybridized carbons (Fsp3) is 0.444. The Kier molecular flexibility index (Phi) is 1.65. The highest BCUT2D eigenvalue weighted by Crippen LogP contribution is 2.22. The quantitative estimate of drug-likeness (QED) is 0.432. The van der Waals surface area contributed by atoms with E-state index in [2.05, 4.69) is 39.3 Å². The molecule has 0 heterocycles. The highest BCUT2D eigenvalue weighted by Gasteiger charge is 2.15. The van der Waals surface area contributed by atoms with Gasteiger partial charge in [-0.2, -0.15) is 0 Å². The van der Waals surface area contributed by atoms with Crippen molar-refractivity contribution in [3.63, 3.8) is 0 Å². The Labute approximate surface area is 57.3 Å². The number of hydrogen-bond acceptors (Lipinski definition) is 0. The maximum absolute atomic E-state index is 2.22. The molecule has 0 N–H and O–H groups in total. The normalized spacial score (nSPS) is 26.3. The molecule has 48 valence electrons. The van der Waals surface area contributed by atoms with Gasteiger partial charge in [0.2, 0.25) is 0 Å². The van der Waals surface area contributed by atoms with E-state index in [1.54, 1.807) is 0 Å². The minimum absolute atomic E-state index is 0.648. The Hall–Kier alpha value is -0.650. The zero-order valence-electron chi connectivity index (χ0n) is 6.31. The van der Waals surface area contributed by atoms with Crippen LogP contribution in [-0.4, -0.2) is 0 Å². The van der Waals surface area contributed by atoms with Gasteiger partial charge in [-0.1, -0.05) is 0 Å². The third kappa shape index (κ3) is 1.18. The molecule has 0 heteroatoms. The van der Waals surface area contributed by atoms with Gasteiger partial charge in [0.25, 0.3) is 0 Å². The van der Waals surface area contributed by atoms with Crippen molar-refractivity contribution >= 4 is 0 Å². The Morgan fingerprint density at radius 3 is 2.56 bits per heavy atom. The number of hydrogen-bond donors (Lipinski definition) is 0. The summed E-state index contributed by atoms with van der Waals surface area (Å²) in [6.07, 6.45) is 6.52. The van der Waals surface area contributed by atoms with Crippen LogP contribution in [0.25, 0.3) is 0 Å². The molecule has 0 aromatic heterocycles. The zero-order valence-corrected chi connectivity index (χ0v) is 6.31. The van der Waals surface area contributed by atoms with Crippen molar-refractivity contribution in [2.75, 3.05) is 0 Å². The van der Waals surface area contributed by atoms with Crippen LogP contribution in [0.3, 0.4) is 0 Å². The highest BCUT2D eigenvalue weighted by atomic mass is 14.1. The van der Waals surface area contributed by atoms with Crippen LogP contribution in [0, 0.1) is 12.3 Å². The minimum atomic E-state index is 0.648. The minimum Gasteiger partial charge on any atom is -0.0314 e. The van der Waals surface area contributed by atoms with Gasteiger partial charge in [0.05, 0.1) is 11.5 Å². The first-order valence-corrected chi connectivity index (χ1v) is 3.40. The van der Waals surface area contributed by atoms with E-state index in [1.807, 2.05) is 0 Å². The average Bonchev–Trinajstić information content (AvgIpc) is 1.83. The fourth-order valence-electron chi connectivity index (χ4n) is 1.00. The van der Waals surface area contributed by atoms with Crippen molar-refractivity contribution in [3.8, 4) is 0 Å². The summed E-state index contributed by atoms with van der Waals surface area (Å²) in [6, 6.07) is 0.